The van der Waals surface area contributed by atoms with Crippen LogP contribution in [0, 0.1) is 16.0 Å². The predicted octanol–water partition coefficient (Wildman–Crippen LogP) is 5.66. The Morgan fingerprint density at radius 2 is 1.85 bits per heavy atom. The fourth-order valence-corrected chi connectivity index (χ4v) is 3.69. The van der Waals surface area contributed by atoms with E-state index in [0.717, 1.165) is 11.9 Å². The number of H-pyrrole nitrogens is 1. The van der Waals surface area contributed by atoms with E-state index in [1.165, 1.54) is 6.07 Å². The molecule has 0 unspecified atom stereocenters. The lowest BCUT2D eigenvalue weighted by Gasteiger charge is -2.34. The van der Waals surface area contributed by atoms with Gasteiger partial charge in [-0.15, -0.1) is 0 Å². The average molecular weight is 315 g/mol. The normalized spacial score (nSPS) is 13.2. The minimum atomic E-state index is -0.434. The zero-order chi connectivity index (χ0) is 15.3. The summed E-state index contributed by atoms with van der Waals surface area (Å²) in [7, 11) is 0. The summed E-state index contributed by atoms with van der Waals surface area (Å²) in [5, 5.41) is 0.117. The first-order valence-corrected chi connectivity index (χ1v) is 7.40. The molecule has 0 bridgehead atoms. The second-order valence-corrected chi connectivity index (χ2v) is 7.89. The Kier molecular flexibility index (Phi) is 3.76. The lowest BCUT2D eigenvalue weighted by atomic mass is 9.81. The highest BCUT2D eigenvalue weighted by molar-refractivity contribution is 7.71. The molecule has 0 saturated heterocycles. The van der Waals surface area contributed by atoms with Crippen LogP contribution in [-0.2, 0) is 5.54 Å². The van der Waals surface area contributed by atoms with Gasteiger partial charge in [0.1, 0.15) is 5.82 Å². The van der Waals surface area contributed by atoms with E-state index in [0.29, 0.717) is 10.3 Å². The molecule has 5 heteroatoms. The van der Waals surface area contributed by atoms with E-state index in [-0.39, 0.29) is 16.0 Å². The van der Waals surface area contributed by atoms with E-state index in [1.54, 1.807) is 6.07 Å². The zero-order valence-corrected chi connectivity index (χ0v) is 14.0. The number of nitrogens with zero attached hydrogens (tertiary/aromatic N) is 1. The molecule has 2 rings (SSSR count). The molecular weight excluding hydrogens is 295 g/mol. The molecule has 2 nitrogen and oxygen atoms in total. The average Bonchev–Trinajstić information content (AvgIpc) is 2.51. The van der Waals surface area contributed by atoms with Gasteiger partial charge in [-0.1, -0.05) is 32.4 Å². The maximum Gasteiger partial charge on any atom is 0.178 e. The Hall–Kier alpha value is -0.870. The van der Waals surface area contributed by atoms with E-state index < -0.39 is 5.82 Å². The van der Waals surface area contributed by atoms with Gasteiger partial charge in [-0.05, 0) is 44.0 Å². The molecule has 20 heavy (non-hydrogen) atoms. The molecule has 1 heterocycles. The van der Waals surface area contributed by atoms with Crippen molar-refractivity contribution in [3.63, 3.8) is 0 Å². The van der Waals surface area contributed by atoms with E-state index in [4.69, 9.17) is 23.8 Å². The van der Waals surface area contributed by atoms with Crippen molar-refractivity contribution in [2.45, 2.75) is 46.6 Å². The number of aromatic nitrogens is 2. The second-order valence-electron chi connectivity index (χ2n) is 7.10. The molecule has 0 fully saturated rings. The summed E-state index contributed by atoms with van der Waals surface area (Å²) in [5.41, 5.74) is 1.50. The summed E-state index contributed by atoms with van der Waals surface area (Å²) < 4.78 is 16.2. The van der Waals surface area contributed by atoms with E-state index >= 15 is 0 Å². The molecule has 110 valence electrons. The third-order valence-corrected chi connectivity index (χ3v) is 3.87. The van der Waals surface area contributed by atoms with Crippen molar-refractivity contribution >= 4 is 34.9 Å². The van der Waals surface area contributed by atoms with Gasteiger partial charge >= 0.3 is 0 Å². The summed E-state index contributed by atoms with van der Waals surface area (Å²) >= 11 is 11.3. The first-order valence-electron chi connectivity index (χ1n) is 6.61. The van der Waals surface area contributed by atoms with Crippen LogP contribution >= 0.6 is 23.8 Å². The van der Waals surface area contributed by atoms with Crippen LogP contribution in [0.15, 0.2) is 12.1 Å². The molecule has 0 aliphatic rings. The van der Waals surface area contributed by atoms with Crippen molar-refractivity contribution in [2.24, 2.45) is 5.41 Å². The van der Waals surface area contributed by atoms with Crippen LogP contribution in [0.5, 0.6) is 0 Å². The van der Waals surface area contributed by atoms with Gasteiger partial charge in [-0.2, -0.15) is 0 Å². The molecule has 0 amide bonds. The van der Waals surface area contributed by atoms with Crippen molar-refractivity contribution in [2.75, 3.05) is 0 Å². The second kappa shape index (κ2) is 4.85. The lowest BCUT2D eigenvalue weighted by molar-refractivity contribution is 0.217. The molecule has 0 aliphatic carbocycles. The number of hydrogen-bond acceptors (Lipinski definition) is 1. The smallest absolute Gasteiger partial charge is 0.178 e. The molecule has 0 atom stereocenters. The number of halogens is 2. The van der Waals surface area contributed by atoms with Crippen LogP contribution in [-0.4, -0.2) is 9.55 Å². The van der Waals surface area contributed by atoms with Gasteiger partial charge in [-0.25, -0.2) is 4.39 Å². The fraction of sp³-hybridized carbons (Fsp3) is 0.533. The van der Waals surface area contributed by atoms with Crippen LogP contribution in [0.2, 0.25) is 5.02 Å². The number of rotatable bonds is 2. The van der Waals surface area contributed by atoms with Crippen LogP contribution in [0.4, 0.5) is 4.39 Å². The third kappa shape index (κ3) is 2.91. The van der Waals surface area contributed by atoms with Gasteiger partial charge in [0, 0.05) is 11.6 Å². The van der Waals surface area contributed by atoms with Gasteiger partial charge < -0.3 is 9.55 Å². The monoisotopic (exact) mass is 314 g/mol. The molecule has 0 aliphatic heterocycles. The largest absolute Gasteiger partial charge is 0.330 e. The fourth-order valence-electron chi connectivity index (χ4n) is 3.08. The van der Waals surface area contributed by atoms with Crippen LogP contribution < -0.4 is 0 Å². The van der Waals surface area contributed by atoms with Gasteiger partial charge in [0.15, 0.2) is 4.77 Å². The summed E-state index contributed by atoms with van der Waals surface area (Å²) in [5.74, 6) is -0.434. The van der Waals surface area contributed by atoms with Crippen molar-refractivity contribution < 1.29 is 4.39 Å². The van der Waals surface area contributed by atoms with Crippen molar-refractivity contribution in [1.29, 1.82) is 0 Å². The molecule has 0 radical (unpaired) electrons. The standard InChI is InChI=1S/C15H20ClFN2S/c1-14(2,3)8-15(4,5)19-12-6-9(16)10(17)7-11(12)18-13(19)20/h6-7H,8H2,1-5H3,(H,18,20). The van der Waals surface area contributed by atoms with Crippen molar-refractivity contribution in [3.8, 4) is 0 Å². The number of aromatic amines is 1. The quantitative estimate of drug-likeness (QED) is 0.709. The highest BCUT2D eigenvalue weighted by Gasteiger charge is 2.29. The van der Waals surface area contributed by atoms with Crippen LogP contribution in [0.1, 0.15) is 41.0 Å². The molecule has 1 N–H and O–H groups in total. The van der Waals surface area contributed by atoms with Gasteiger partial charge in [-0.3, -0.25) is 0 Å². The summed E-state index contributed by atoms with van der Waals surface area (Å²) in [6.07, 6.45) is 0.941. The molecular formula is C15H20ClFN2S. The maximum absolute atomic E-state index is 13.6. The third-order valence-electron chi connectivity index (χ3n) is 3.29. The Labute approximate surface area is 128 Å². The van der Waals surface area contributed by atoms with Gasteiger partial charge in [0.05, 0.1) is 16.1 Å². The minimum Gasteiger partial charge on any atom is -0.330 e. The van der Waals surface area contributed by atoms with Crippen molar-refractivity contribution in [3.05, 3.63) is 27.7 Å². The number of hydrogen-bond donors (Lipinski definition) is 1. The zero-order valence-electron chi connectivity index (χ0n) is 12.5. The molecule has 1 aromatic heterocycles. The first kappa shape index (κ1) is 15.5. The van der Waals surface area contributed by atoms with Crippen LogP contribution in [0.3, 0.4) is 0 Å². The lowest BCUT2D eigenvalue weighted by Crippen LogP contribution is -2.31. The van der Waals surface area contributed by atoms with Crippen molar-refractivity contribution in [1.82, 2.24) is 9.55 Å². The number of nitrogens with one attached hydrogen (secondary N) is 1. The van der Waals surface area contributed by atoms with E-state index in [9.17, 15) is 4.39 Å². The number of benzene rings is 1. The number of imidazole rings is 1. The Bertz CT molecular complexity index is 707. The van der Waals surface area contributed by atoms with E-state index in [2.05, 4.69) is 39.6 Å². The van der Waals surface area contributed by atoms with E-state index in [1.807, 2.05) is 4.57 Å². The van der Waals surface area contributed by atoms with Gasteiger partial charge in [0.25, 0.3) is 0 Å². The van der Waals surface area contributed by atoms with Gasteiger partial charge in [0.2, 0.25) is 0 Å². The summed E-state index contributed by atoms with van der Waals surface area (Å²) in [6.45, 7) is 10.9. The summed E-state index contributed by atoms with van der Waals surface area (Å²) in [4.78, 5) is 3.07. The molecule has 2 aromatic rings. The predicted molar refractivity (Wildman–Crippen MR) is 85.5 cm³/mol. The Morgan fingerprint density at radius 1 is 1.25 bits per heavy atom. The Morgan fingerprint density at radius 3 is 2.40 bits per heavy atom. The molecule has 0 spiro atoms. The highest BCUT2D eigenvalue weighted by Crippen LogP contribution is 2.35. The molecule has 0 saturated carbocycles. The minimum absolute atomic E-state index is 0.117. The van der Waals surface area contributed by atoms with Crippen LogP contribution in [0.25, 0.3) is 11.0 Å². The Balaban J connectivity index is 2.68. The SMILES string of the molecule is CC(C)(C)CC(C)(C)n1c(=S)[nH]c2cc(F)c(Cl)cc21. The highest BCUT2D eigenvalue weighted by atomic mass is 35.5. The topological polar surface area (TPSA) is 20.7 Å². The first-order chi connectivity index (χ1) is 9.01. The number of fused-ring (bicyclic) bond motifs is 1. The molecule has 1 aromatic carbocycles. The maximum atomic E-state index is 13.6. The summed E-state index contributed by atoms with van der Waals surface area (Å²) in [6, 6.07) is 3.04.